The summed E-state index contributed by atoms with van der Waals surface area (Å²) in [6, 6.07) is 17.1. The first-order chi connectivity index (χ1) is 16.2. The number of fused-ring (bicyclic) bond motifs is 3. The van der Waals surface area contributed by atoms with Gasteiger partial charge in [-0.25, -0.2) is 13.2 Å². The summed E-state index contributed by atoms with van der Waals surface area (Å²) in [5.41, 5.74) is 4.30. The second kappa shape index (κ2) is 8.49. The molecule has 5 rings (SSSR count). The molecular formula is C26H23ClN2O4S. The first kappa shape index (κ1) is 22.5. The van der Waals surface area contributed by atoms with Gasteiger partial charge in [0.05, 0.1) is 22.2 Å². The zero-order valence-corrected chi connectivity index (χ0v) is 19.9. The van der Waals surface area contributed by atoms with Gasteiger partial charge >= 0.3 is 5.97 Å². The van der Waals surface area contributed by atoms with Crippen LogP contribution >= 0.6 is 11.6 Å². The third-order valence-electron chi connectivity index (χ3n) is 6.59. The minimum absolute atomic E-state index is 0.00681. The molecule has 0 bridgehead atoms. The smallest absolute Gasteiger partial charge is 0.335 e. The van der Waals surface area contributed by atoms with E-state index in [9.17, 15) is 18.3 Å². The molecule has 1 heterocycles. The lowest BCUT2D eigenvalue weighted by Gasteiger charge is -2.37. The molecule has 3 N–H and O–H groups in total. The van der Waals surface area contributed by atoms with E-state index in [4.69, 9.17) is 11.6 Å². The van der Waals surface area contributed by atoms with Crippen LogP contribution in [0, 0.1) is 12.8 Å². The normalized spacial score (nSPS) is 20.8. The molecule has 0 fully saturated rings. The van der Waals surface area contributed by atoms with Gasteiger partial charge in [0.15, 0.2) is 0 Å². The molecule has 6 nitrogen and oxygen atoms in total. The maximum atomic E-state index is 13.2. The molecule has 0 spiro atoms. The predicted octanol–water partition coefficient (Wildman–Crippen LogP) is 5.97. The summed E-state index contributed by atoms with van der Waals surface area (Å²) in [4.78, 5) is 11.4. The lowest BCUT2D eigenvalue weighted by atomic mass is 9.77. The number of hydrogen-bond acceptors (Lipinski definition) is 4. The van der Waals surface area contributed by atoms with Gasteiger partial charge in [-0.05, 0) is 84.5 Å². The van der Waals surface area contributed by atoms with Crippen molar-refractivity contribution in [1.29, 1.82) is 0 Å². The summed E-state index contributed by atoms with van der Waals surface area (Å²) in [5.74, 6) is -0.689. The first-order valence-corrected chi connectivity index (χ1v) is 12.8. The maximum Gasteiger partial charge on any atom is 0.335 e. The highest BCUT2D eigenvalue weighted by Crippen LogP contribution is 2.50. The lowest BCUT2D eigenvalue weighted by molar-refractivity contribution is 0.0697. The highest BCUT2D eigenvalue weighted by Gasteiger charge is 2.38. The Morgan fingerprint density at radius 1 is 1.09 bits per heavy atom. The van der Waals surface area contributed by atoms with E-state index < -0.39 is 16.0 Å². The van der Waals surface area contributed by atoms with Crippen LogP contribution in [0.5, 0.6) is 0 Å². The number of carboxylic acids is 1. The maximum absolute atomic E-state index is 13.2. The lowest BCUT2D eigenvalue weighted by Crippen LogP contribution is -2.29. The van der Waals surface area contributed by atoms with Crippen LogP contribution in [-0.4, -0.2) is 19.5 Å². The molecule has 3 aromatic carbocycles. The number of aryl methyl sites for hydroxylation is 1. The van der Waals surface area contributed by atoms with Crippen molar-refractivity contribution in [2.24, 2.45) is 5.92 Å². The SMILES string of the molecule is Cc1cc(Cl)ccc1NS(=O)(=O)c1ccc2c(c1)C1C=CCC1C(c1ccc(C(=O)O)cc1)N2. The number of carbonyl (C=O) groups is 1. The summed E-state index contributed by atoms with van der Waals surface area (Å²) in [7, 11) is -3.79. The van der Waals surface area contributed by atoms with Gasteiger partial charge in [-0.3, -0.25) is 4.72 Å². The van der Waals surface area contributed by atoms with E-state index in [0.717, 1.165) is 28.8 Å². The molecule has 0 radical (unpaired) electrons. The zero-order chi connectivity index (χ0) is 24.0. The molecule has 3 atom stereocenters. The molecule has 174 valence electrons. The minimum Gasteiger partial charge on any atom is -0.478 e. The average molecular weight is 495 g/mol. The fourth-order valence-corrected chi connectivity index (χ4v) is 6.24. The molecule has 1 aliphatic carbocycles. The van der Waals surface area contributed by atoms with E-state index in [1.807, 2.05) is 12.1 Å². The topological polar surface area (TPSA) is 95.5 Å². The number of benzene rings is 3. The standard InChI is InChI=1S/C26H23ClN2O4S/c1-15-13-18(27)9-11-23(15)29-34(32,33)19-10-12-24-22(14-19)20-3-2-4-21(20)25(28-24)16-5-7-17(8-6-16)26(30)31/h2-3,5-14,20-21,25,28-29H,4H2,1H3,(H,30,31). The van der Waals surface area contributed by atoms with E-state index in [0.29, 0.717) is 10.7 Å². The van der Waals surface area contributed by atoms with E-state index in [1.54, 1.807) is 55.5 Å². The van der Waals surface area contributed by atoms with Gasteiger partial charge in [0.25, 0.3) is 10.0 Å². The Morgan fingerprint density at radius 2 is 1.85 bits per heavy atom. The van der Waals surface area contributed by atoms with Crippen molar-refractivity contribution >= 4 is 39.0 Å². The minimum atomic E-state index is -3.79. The molecule has 0 aromatic heterocycles. The molecular weight excluding hydrogens is 472 g/mol. The molecule has 34 heavy (non-hydrogen) atoms. The van der Waals surface area contributed by atoms with Gasteiger partial charge in [-0.15, -0.1) is 0 Å². The molecule has 3 aromatic rings. The van der Waals surface area contributed by atoms with Crippen LogP contribution in [0.4, 0.5) is 11.4 Å². The highest BCUT2D eigenvalue weighted by molar-refractivity contribution is 7.92. The zero-order valence-electron chi connectivity index (χ0n) is 18.3. The van der Waals surface area contributed by atoms with Crippen molar-refractivity contribution in [1.82, 2.24) is 0 Å². The fraction of sp³-hybridized carbons (Fsp3) is 0.192. The molecule has 0 saturated carbocycles. The summed E-state index contributed by atoms with van der Waals surface area (Å²) in [6.07, 6.45) is 5.11. The molecule has 8 heteroatoms. The van der Waals surface area contributed by atoms with E-state index >= 15 is 0 Å². The number of allylic oxidation sites excluding steroid dienone is 2. The van der Waals surface area contributed by atoms with Crippen LogP contribution in [0.15, 0.2) is 77.7 Å². The van der Waals surface area contributed by atoms with Crippen molar-refractivity contribution < 1.29 is 18.3 Å². The van der Waals surface area contributed by atoms with Gasteiger partial charge in [-0.2, -0.15) is 0 Å². The summed E-state index contributed by atoms with van der Waals surface area (Å²) >= 11 is 6.00. The number of anilines is 2. The second-order valence-electron chi connectivity index (χ2n) is 8.72. The Bertz CT molecular complexity index is 1420. The van der Waals surface area contributed by atoms with Gasteiger partial charge in [0, 0.05) is 16.6 Å². The first-order valence-electron chi connectivity index (χ1n) is 10.9. The number of nitrogens with one attached hydrogen (secondary N) is 2. The van der Waals surface area contributed by atoms with Gasteiger partial charge < -0.3 is 10.4 Å². The quantitative estimate of drug-likeness (QED) is 0.379. The number of rotatable bonds is 5. The van der Waals surface area contributed by atoms with Crippen LogP contribution in [0.25, 0.3) is 0 Å². The Labute approximate surface area is 203 Å². The summed E-state index contributed by atoms with van der Waals surface area (Å²) in [6.45, 7) is 1.80. The van der Waals surface area contributed by atoms with Crippen LogP contribution in [-0.2, 0) is 10.0 Å². The van der Waals surface area contributed by atoms with Crippen molar-refractivity contribution in [3.8, 4) is 0 Å². The third kappa shape index (κ3) is 4.06. The van der Waals surface area contributed by atoms with Crippen molar-refractivity contribution in [2.45, 2.75) is 30.2 Å². The fourth-order valence-electron chi connectivity index (χ4n) is 4.85. The molecule has 3 unspecified atom stereocenters. The van der Waals surface area contributed by atoms with Crippen LogP contribution in [0.2, 0.25) is 5.02 Å². The van der Waals surface area contributed by atoms with Gasteiger partial charge in [-0.1, -0.05) is 35.9 Å². The molecule has 0 saturated heterocycles. The summed E-state index contributed by atoms with van der Waals surface area (Å²) in [5, 5.41) is 13.3. The Morgan fingerprint density at radius 3 is 2.56 bits per heavy atom. The van der Waals surface area contributed by atoms with Gasteiger partial charge in [0.2, 0.25) is 0 Å². The molecule has 0 amide bonds. The van der Waals surface area contributed by atoms with Crippen LogP contribution in [0.1, 0.15) is 45.4 Å². The third-order valence-corrected chi connectivity index (χ3v) is 8.19. The second-order valence-corrected chi connectivity index (χ2v) is 10.8. The van der Waals surface area contributed by atoms with Crippen LogP contribution < -0.4 is 10.0 Å². The predicted molar refractivity (Wildman–Crippen MR) is 133 cm³/mol. The Balaban J connectivity index is 1.47. The largest absolute Gasteiger partial charge is 0.478 e. The summed E-state index contributed by atoms with van der Waals surface area (Å²) < 4.78 is 29.0. The Hall–Kier alpha value is -3.29. The number of aromatic carboxylic acids is 1. The van der Waals surface area contributed by atoms with Crippen LogP contribution in [0.3, 0.4) is 0 Å². The van der Waals surface area contributed by atoms with Crippen molar-refractivity contribution in [3.63, 3.8) is 0 Å². The molecule has 2 aliphatic rings. The number of sulfonamides is 1. The van der Waals surface area contributed by atoms with E-state index in [1.165, 1.54) is 0 Å². The number of hydrogen-bond donors (Lipinski definition) is 3. The van der Waals surface area contributed by atoms with Crippen molar-refractivity contribution in [3.05, 3.63) is 100 Å². The monoisotopic (exact) mass is 494 g/mol. The Kier molecular flexibility index (Phi) is 5.62. The number of halogens is 1. The number of carboxylic acid groups (broad SMARTS) is 1. The molecule has 1 aliphatic heterocycles. The van der Waals surface area contributed by atoms with E-state index in [2.05, 4.69) is 22.2 Å². The highest BCUT2D eigenvalue weighted by atomic mass is 35.5. The van der Waals surface area contributed by atoms with E-state index in [-0.39, 0.29) is 28.3 Å². The average Bonchev–Trinajstić information content (AvgIpc) is 3.30. The van der Waals surface area contributed by atoms with Crippen molar-refractivity contribution in [2.75, 3.05) is 10.0 Å². The van der Waals surface area contributed by atoms with Gasteiger partial charge in [0.1, 0.15) is 0 Å².